The van der Waals surface area contributed by atoms with E-state index >= 15 is 0 Å². The Morgan fingerprint density at radius 3 is 2.56 bits per heavy atom. The smallest absolute Gasteiger partial charge is 0.0245 e. The van der Waals surface area contributed by atoms with Gasteiger partial charge in [0.2, 0.25) is 0 Å². The van der Waals surface area contributed by atoms with Crippen molar-refractivity contribution in [3.8, 4) is 0 Å². The summed E-state index contributed by atoms with van der Waals surface area (Å²) in [5.74, 6) is 4.01. The van der Waals surface area contributed by atoms with Gasteiger partial charge in [-0.05, 0) is 30.1 Å². The molecule has 0 saturated heterocycles. The third-order valence-electron chi connectivity index (χ3n) is 3.19. The number of alkyl halides is 1. The highest BCUT2D eigenvalue weighted by atomic mass is 79.9. The molecular weight excluding hydrogens is 176 g/mol. The number of halogens is 1. The van der Waals surface area contributed by atoms with Crippen molar-refractivity contribution in [1.82, 2.24) is 0 Å². The van der Waals surface area contributed by atoms with Crippen LogP contribution in [0.3, 0.4) is 0 Å². The minimum Gasteiger partial charge on any atom is -0.0881 e. The third kappa shape index (κ3) is 0.429. The van der Waals surface area contributed by atoms with E-state index < -0.39 is 0 Å². The molecule has 4 aliphatic rings. The minimum atomic E-state index is 0.845. The van der Waals surface area contributed by atoms with Crippen molar-refractivity contribution in [2.75, 3.05) is 0 Å². The zero-order valence-electron chi connectivity index (χ0n) is 5.13. The molecule has 0 heterocycles. The molecule has 1 unspecified atom stereocenters. The molecule has 4 aliphatic carbocycles. The molecule has 9 heavy (non-hydrogen) atoms. The van der Waals surface area contributed by atoms with Crippen LogP contribution < -0.4 is 0 Å². The van der Waals surface area contributed by atoms with Crippen LogP contribution in [0.4, 0.5) is 0 Å². The molecule has 0 spiro atoms. The highest BCUT2D eigenvalue weighted by molar-refractivity contribution is 9.09. The molecule has 0 aromatic heterocycles. The van der Waals surface area contributed by atoms with E-state index in [1.807, 2.05) is 0 Å². The Morgan fingerprint density at radius 2 is 2.22 bits per heavy atom. The molecule has 0 amide bonds. The van der Waals surface area contributed by atoms with E-state index in [2.05, 4.69) is 28.1 Å². The number of rotatable bonds is 0. The average Bonchev–Trinajstić information content (AvgIpc) is 2.52. The van der Waals surface area contributed by atoms with Crippen LogP contribution in [-0.2, 0) is 0 Å². The average molecular weight is 185 g/mol. The van der Waals surface area contributed by atoms with Gasteiger partial charge < -0.3 is 0 Å². The lowest BCUT2D eigenvalue weighted by Crippen LogP contribution is -2.15. The van der Waals surface area contributed by atoms with Crippen molar-refractivity contribution in [3.63, 3.8) is 0 Å². The molecule has 0 radical (unpaired) electrons. The molecule has 5 atom stereocenters. The third-order valence-corrected chi connectivity index (χ3v) is 4.48. The summed E-state index contributed by atoms with van der Waals surface area (Å²) in [4.78, 5) is 0.845. The van der Waals surface area contributed by atoms with Crippen molar-refractivity contribution in [1.29, 1.82) is 0 Å². The Bertz CT molecular complexity index is 185. The van der Waals surface area contributed by atoms with E-state index in [1.165, 1.54) is 6.42 Å². The highest BCUT2D eigenvalue weighted by Crippen LogP contribution is 2.65. The van der Waals surface area contributed by atoms with Crippen LogP contribution in [0.2, 0.25) is 0 Å². The van der Waals surface area contributed by atoms with Gasteiger partial charge >= 0.3 is 0 Å². The van der Waals surface area contributed by atoms with Crippen molar-refractivity contribution in [2.24, 2.45) is 23.7 Å². The molecule has 2 saturated carbocycles. The van der Waals surface area contributed by atoms with E-state index in [-0.39, 0.29) is 0 Å². The second kappa shape index (κ2) is 1.29. The number of hydrogen-bond acceptors (Lipinski definition) is 0. The van der Waals surface area contributed by atoms with Crippen LogP contribution in [-0.4, -0.2) is 4.83 Å². The molecule has 2 fully saturated rings. The molecule has 0 N–H and O–H groups in total. The van der Waals surface area contributed by atoms with Gasteiger partial charge in [-0.3, -0.25) is 0 Å². The van der Waals surface area contributed by atoms with Crippen molar-refractivity contribution >= 4 is 15.9 Å². The summed E-state index contributed by atoms with van der Waals surface area (Å²) in [6.07, 6.45) is 6.31. The Kier molecular flexibility index (Phi) is 0.710. The topological polar surface area (TPSA) is 0 Å². The van der Waals surface area contributed by atoms with Crippen LogP contribution in [0.5, 0.6) is 0 Å². The summed E-state index contributed by atoms with van der Waals surface area (Å²) < 4.78 is 0. The molecule has 1 heteroatoms. The van der Waals surface area contributed by atoms with E-state index in [1.54, 1.807) is 0 Å². The SMILES string of the molecule is Br[C@H]1[C@H]2C3C[C@@H]1C=C[C@H]32. The molecule has 0 nitrogen and oxygen atoms in total. The first-order chi connectivity index (χ1) is 4.38. The fraction of sp³-hybridized carbons (Fsp3) is 0.750. The van der Waals surface area contributed by atoms with Crippen LogP contribution in [0, 0.1) is 23.7 Å². The Hall–Kier alpha value is 0.220. The van der Waals surface area contributed by atoms with E-state index in [0.29, 0.717) is 0 Å². The maximum atomic E-state index is 3.75. The van der Waals surface area contributed by atoms with Crippen LogP contribution in [0.25, 0.3) is 0 Å². The molecule has 0 aliphatic heterocycles. The van der Waals surface area contributed by atoms with Gasteiger partial charge in [-0.15, -0.1) is 0 Å². The maximum Gasteiger partial charge on any atom is 0.0245 e. The van der Waals surface area contributed by atoms with Crippen molar-refractivity contribution in [3.05, 3.63) is 12.2 Å². The van der Waals surface area contributed by atoms with Gasteiger partial charge in [0.05, 0.1) is 0 Å². The molecule has 48 valence electrons. The first kappa shape index (κ1) is 4.95. The summed E-state index contributed by atoms with van der Waals surface area (Å²) in [7, 11) is 0. The first-order valence-corrected chi connectivity index (χ1v) is 4.62. The Balaban J connectivity index is 2.11. The lowest BCUT2D eigenvalue weighted by Gasteiger charge is -2.19. The Labute approximate surface area is 63.5 Å². The number of hydrogen-bond donors (Lipinski definition) is 0. The fourth-order valence-electron chi connectivity index (χ4n) is 2.65. The summed E-state index contributed by atoms with van der Waals surface area (Å²) in [5.41, 5.74) is 0. The Morgan fingerprint density at radius 1 is 1.33 bits per heavy atom. The lowest BCUT2D eigenvalue weighted by atomic mass is 9.93. The second-order valence-electron chi connectivity index (χ2n) is 3.55. The van der Waals surface area contributed by atoms with Gasteiger partial charge in [-0.25, -0.2) is 0 Å². The zero-order valence-corrected chi connectivity index (χ0v) is 6.71. The van der Waals surface area contributed by atoms with Crippen LogP contribution in [0.15, 0.2) is 12.2 Å². The molecule has 0 aromatic rings. The van der Waals surface area contributed by atoms with Gasteiger partial charge in [-0.1, -0.05) is 28.1 Å². The molecule has 4 rings (SSSR count). The second-order valence-corrected chi connectivity index (χ2v) is 4.60. The van der Waals surface area contributed by atoms with Gasteiger partial charge in [0, 0.05) is 4.83 Å². The predicted molar refractivity (Wildman–Crippen MR) is 40.4 cm³/mol. The molecular formula is C8H9Br. The van der Waals surface area contributed by atoms with Gasteiger partial charge in [0.15, 0.2) is 0 Å². The van der Waals surface area contributed by atoms with Crippen molar-refractivity contribution < 1.29 is 0 Å². The zero-order chi connectivity index (χ0) is 6.01. The van der Waals surface area contributed by atoms with Gasteiger partial charge in [0.1, 0.15) is 0 Å². The van der Waals surface area contributed by atoms with E-state index in [9.17, 15) is 0 Å². The number of allylic oxidation sites excluding steroid dienone is 2. The highest BCUT2D eigenvalue weighted by Gasteiger charge is 2.61. The monoisotopic (exact) mass is 184 g/mol. The summed E-state index contributed by atoms with van der Waals surface area (Å²) in [6.45, 7) is 0. The quantitative estimate of drug-likeness (QED) is 0.401. The summed E-state index contributed by atoms with van der Waals surface area (Å²) in [6, 6.07) is 0. The van der Waals surface area contributed by atoms with Gasteiger partial charge in [0.25, 0.3) is 0 Å². The van der Waals surface area contributed by atoms with Crippen molar-refractivity contribution in [2.45, 2.75) is 11.2 Å². The molecule has 4 bridgehead atoms. The van der Waals surface area contributed by atoms with E-state index in [0.717, 1.165) is 28.5 Å². The van der Waals surface area contributed by atoms with E-state index in [4.69, 9.17) is 0 Å². The van der Waals surface area contributed by atoms with Crippen LogP contribution in [0.1, 0.15) is 6.42 Å². The predicted octanol–water partition coefficient (Wildman–Crippen LogP) is 2.20. The standard InChI is InChI=1S/C8H9Br/c9-8-4-1-2-5-6(3-4)7(5)8/h1-2,4-8H,3H2/t4-,5+,6?,7+,8+/m0/s1. The lowest BCUT2D eigenvalue weighted by molar-refractivity contribution is 0.536. The maximum absolute atomic E-state index is 3.75. The first-order valence-electron chi connectivity index (χ1n) is 3.70. The van der Waals surface area contributed by atoms with Crippen LogP contribution >= 0.6 is 15.9 Å². The summed E-state index contributed by atoms with van der Waals surface area (Å²) in [5, 5.41) is 0. The van der Waals surface area contributed by atoms with Gasteiger partial charge in [-0.2, -0.15) is 0 Å². The normalized spacial score (nSPS) is 66.6. The fourth-order valence-corrected chi connectivity index (χ4v) is 3.78. The summed E-state index contributed by atoms with van der Waals surface area (Å²) >= 11 is 3.75. The minimum absolute atomic E-state index is 0.845. The molecule has 0 aromatic carbocycles. The largest absolute Gasteiger partial charge is 0.0881 e.